The summed E-state index contributed by atoms with van der Waals surface area (Å²) in [5.74, 6) is 1.02. The minimum Gasteiger partial charge on any atom is -0.481 e. The van der Waals surface area contributed by atoms with Gasteiger partial charge in [-0.3, -0.25) is 4.79 Å². The van der Waals surface area contributed by atoms with E-state index in [-0.39, 0.29) is 6.42 Å². The quantitative estimate of drug-likeness (QED) is 0.769. The summed E-state index contributed by atoms with van der Waals surface area (Å²) in [6.45, 7) is 4.68. The standard InChI is InChI=1S/C10H17N3O2/c1-3-8-11-9(4-2)13(12-8)7-5-6-10(14)15/h3-7H2,1-2H3,(H,14,15). The van der Waals surface area contributed by atoms with Gasteiger partial charge in [0.25, 0.3) is 0 Å². The van der Waals surface area contributed by atoms with Crippen LogP contribution in [0.2, 0.25) is 0 Å². The molecule has 0 saturated heterocycles. The fourth-order valence-corrected chi connectivity index (χ4v) is 1.40. The van der Waals surface area contributed by atoms with Crippen molar-refractivity contribution in [3.63, 3.8) is 0 Å². The van der Waals surface area contributed by atoms with Crippen LogP contribution in [-0.4, -0.2) is 25.8 Å². The zero-order chi connectivity index (χ0) is 11.3. The van der Waals surface area contributed by atoms with Crippen molar-refractivity contribution in [2.75, 3.05) is 0 Å². The van der Waals surface area contributed by atoms with Crippen LogP contribution >= 0.6 is 0 Å². The van der Waals surface area contributed by atoms with Crippen LogP contribution in [0.3, 0.4) is 0 Å². The van der Waals surface area contributed by atoms with E-state index < -0.39 is 5.97 Å². The molecule has 0 aromatic carbocycles. The molecule has 84 valence electrons. The molecular formula is C10H17N3O2. The van der Waals surface area contributed by atoms with Crippen molar-refractivity contribution < 1.29 is 9.90 Å². The Morgan fingerprint density at radius 3 is 2.67 bits per heavy atom. The molecule has 1 rings (SSSR count). The normalized spacial score (nSPS) is 10.5. The fraction of sp³-hybridized carbons (Fsp3) is 0.700. The smallest absolute Gasteiger partial charge is 0.303 e. The number of nitrogens with zero attached hydrogens (tertiary/aromatic N) is 3. The Hall–Kier alpha value is -1.39. The van der Waals surface area contributed by atoms with E-state index in [0.29, 0.717) is 13.0 Å². The number of carbonyl (C=O) groups is 1. The number of aliphatic carboxylic acids is 1. The lowest BCUT2D eigenvalue weighted by molar-refractivity contribution is -0.137. The van der Waals surface area contributed by atoms with Gasteiger partial charge in [0.05, 0.1) is 0 Å². The summed E-state index contributed by atoms with van der Waals surface area (Å²) < 4.78 is 1.82. The second-order valence-corrected chi connectivity index (χ2v) is 3.37. The van der Waals surface area contributed by atoms with E-state index in [1.165, 1.54) is 0 Å². The molecule has 5 heteroatoms. The number of aryl methyl sites for hydroxylation is 3. The molecule has 0 bridgehead atoms. The zero-order valence-electron chi connectivity index (χ0n) is 9.23. The molecule has 0 saturated carbocycles. The lowest BCUT2D eigenvalue weighted by Crippen LogP contribution is -2.07. The van der Waals surface area contributed by atoms with Crippen LogP contribution in [0.25, 0.3) is 0 Å². The molecule has 0 atom stereocenters. The van der Waals surface area contributed by atoms with Crippen LogP contribution in [-0.2, 0) is 24.2 Å². The Morgan fingerprint density at radius 2 is 2.13 bits per heavy atom. The van der Waals surface area contributed by atoms with Crippen molar-refractivity contribution in [1.29, 1.82) is 0 Å². The van der Waals surface area contributed by atoms with Crippen molar-refractivity contribution in [2.24, 2.45) is 0 Å². The molecule has 0 aliphatic carbocycles. The van der Waals surface area contributed by atoms with Crippen molar-refractivity contribution in [3.05, 3.63) is 11.6 Å². The summed E-state index contributed by atoms with van der Waals surface area (Å²) in [4.78, 5) is 14.7. The summed E-state index contributed by atoms with van der Waals surface area (Å²) in [5, 5.41) is 12.8. The van der Waals surface area contributed by atoms with Gasteiger partial charge in [-0.15, -0.1) is 0 Å². The van der Waals surface area contributed by atoms with E-state index in [1.807, 2.05) is 18.5 Å². The first-order valence-corrected chi connectivity index (χ1v) is 5.31. The highest BCUT2D eigenvalue weighted by atomic mass is 16.4. The molecular weight excluding hydrogens is 194 g/mol. The van der Waals surface area contributed by atoms with Gasteiger partial charge in [-0.25, -0.2) is 9.67 Å². The molecule has 0 spiro atoms. The van der Waals surface area contributed by atoms with Crippen molar-refractivity contribution in [2.45, 2.75) is 46.1 Å². The molecule has 5 nitrogen and oxygen atoms in total. The Bertz CT molecular complexity index is 333. The van der Waals surface area contributed by atoms with Gasteiger partial charge >= 0.3 is 5.97 Å². The number of aromatic nitrogens is 3. The Labute approximate surface area is 89.1 Å². The summed E-state index contributed by atoms with van der Waals surface area (Å²) in [6.07, 6.45) is 2.44. The van der Waals surface area contributed by atoms with Gasteiger partial charge in [-0.1, -0.05) is 13.8 Å². The van der Waals surface area contributed by atoms with Crippen LogP contribution in [0.15, 0.2) is 0 Å². The maximum absolute atomic E-state index is 10.4. The highest BCUT2D eigenvalue weighted by Gasteiger charge is 2.07. The topological polar surface area (TPSA) is 68.0 Å². The average Bonchev–Trinajstić information content (AvgIpc) is 2.60. The Kier molecular flexibility index (Phi) is 4.27. The van der Waals surface area contributed by atoms with Crippen LogP contribution in [0.4, 0.5) is 0 Å². The van der Waals surface area contributed by atoms with E-state index in [0.717, 1.165) is 24.5 Å². The minimum absolute atomic E-state index is 0.185. The Balaban J connectivity index is 2.58. The van der Waals surface area contributed by atoms with Gasteiger partial charge < -0.3 is 5.11 Å². The van der Waals surface area contributed by atoms with E-state index in [9.17, 15) is 4.79 Å². The number of hydrogen-bond donors (Lipinski definition) is 1. The maximum Gasteiger partial charge on any atom is 0.303 e. The second kappa shape index (κ2) is 5.48. The molecule has 0 unspecified atom stereocenters. The number of rotatable bonds is 6. The van der Waals surface area contributed by atoms with E-state index in [1.54, 1.807) is 0 Å². The molecule has 1 aromatic heterocycles. The molecule has 1 aromatic rings. The summed E-state index contributed by atoms with van der Waals surface area (Å²) in [7, 11) is 0. The van der Waals surface area contributed by atoms with E-state index in [4.69, 9.17) is 5.11 Å². The molecule has 0 radical (unpaired) electrons. The SMILES string of the molecule is CCc1nc(CC)n(CCCC(=O)O)n1. The fourth-order valence-electron chi connectivity index (χ4n) is 1.40. The zero-order valence-corrected chi connectivity index (χ0v) is 9.23. The molecule has 0 aliphatic heterocycles. The molecule has 0 fully saturated rings. The highest BCUT2D eigenvalue weighted by molar-refractivity contribution is 5.66. The first-order valence-electron chi connectivity index (χ1n) is 5.31. The van der Waals surface area contributed by atoms with Gasteiger partial charge in [-0.2, -0.15) is 5.10 Å². The van der Waals surface area contributed by atoms with Gasteiger partial charge in [0.2, 0.25) is 0 Å². The second-order valence-electron chi connectivity index (χ2n) is 3.37. The van der Waals surface area contributed by atoms with Crippen LogP contribution in [0, 0.1) is 0 Å². The van der Waals surface area contributed by atoms with Gasteiger partial charge in [-0.05, 0) is 6.42 Å². The third-order valence-electron chi connectivity index (χ3n) is 2.19. The van der Waals surface area contributed by atoms with E-state index >= 15 is 0 Å². The largest absolute Gasteiger partial charge is 0.481 e. The lowest BCUT2D eigenvalue weighted by atomic mass is 10.3. The average molecular weight is 211 g/mol. The van der Waals surface area contributed by atoms with Crippen LogP contribution in [0.5, 0.6) is 0 Å². The summed E-state index contributed by atoms with van der Waals surface area (Å²) in [5.41, 5.74) is 0. The van der Waals surface area contributed by atoms with Crippen molar-refractivity contribution in [1.82, 2.24) is 14.8 Å². The van der Waals surface area contributed by atoms with Crippen LogP contribution in [0.1, 0.15) is 38.3 Å². The number of hydrogen-bond acceptors (Lipinski definition) is 3. The molecule has 1 heterocycles. The minimum atomic E-state index is -0.760. The monoisotopic (exact) mass is 211 g/mol. The third kappa shape index (κ3) is 3.34. The first kappa shape index (κ1) is 11.7. The summed E-state index contributed by atoms with van der Waals surface area (Å²) >= 11 is 0. The van der Waals surface area contributed by atoms with Crippen molar-refractivity contribution >= 4 is 5.97 Å². The molecule has 0 aliphatic rings. The predicted molar refractivity (Wildman–Crippen MR) is 55.6 cm³/mol. The number of carboxylic acids is 1. The first-order chi connectivity index (χ1) is 7.17. The predicted octanol–water partition coefficient (Wildman–Crippen LogP) is 1.27. The number of carboxylic acid groups (broad SMARTS) is 1. The third-order valence-corrected chi connectivity index (χ3v) is 2.19. The highest BCUT2D eigenvalue weighted by Crippen LogP contribution is 2.03. The van der Waals surface area contributed by atoms with Gasteiger partial charge in [0, 0.05) is 25.8 Å². The van der Waals surface area contributed by atoms with E-state index in [2.05, 4.69) is 10.1 Å². The maximum atomic E-state index is 10.4. The van der Waals surface area contributed by atoms with Gasteiger partial charge in [0.1, 0.15) is 5.82 Å². The lowest BCUT2D eigenvalue weighted by Gasteiger charge is -2.01. The van der Waals surface area contributed by atoms with Crippen LogP contribution < -0.4 is 0 Å². The Morgan fingerprint density at radius 1 is 1.40 bits per heavy atom. The van der Waals surface area contributed by atoms with Crippen molar-refractivity contribution in [3.8, 4) is 0 Å². The summed E-state index contributed by atoms with van der Waals surface area (Å²) in [6, 6.07) is 0. The molecule has 0 amide bonds. The van der Waals surface area contributed by atoms with Gasteiger partial charge in [0.15, 0.2) is 5.82 Å². The molecule has 15 heavy (non-hydrogen) atoms. The molecule has 1 N–H and O–H groups in total.